The number of nitrogens with one attached hydrogen (secondary N) is 2. The van der Waals surface area contributed by atoms with Gasteiger partial charge in [-0.2, -0.15) is 0 Å². The van der Waals surface area contributed by atoms with E-state index in [0.717, 1.165) is 19.3 Å². The standard InChI is InChI=1S/C11H20N2O3/c1-3-6-12-9(14)7-13-10(8-4-5-8)11(15)16-2/h8,10,13H,3-7H2,1-2H3,(H,12,14). The van der Waals surface area contributed by atoms with Gasteiger partial charge in [0.05, 0.1) is 13.7 Å². The Hall–Kier alpha value is -1.10. The molecule has 0 heterocycles. The maximum atomic E-state index is 11.4. The smallest absolute Gasteiger partial charge is 0.323 e. The first-order chi connectivity index (χ1) is 7.69. The second-order valence-corrected chi connectivity index (χ2v) is 4.07. The van der Waals surface area contributed by atoms with E-state index in [1.54, 1.807) is 0 Å². The number of methoxy groups -OCH3 is 1. The number of rotatable bonds is 7. The molecule has 1 saturated carbocycles. The van der Waals surface area contributed by atoms with E-state index in [1.165, 1.54) is 7.11 Å². The van der Waals surface area contributed by atoms with E-state index in [1.807, 2.05) is 6.92 Å². The van der Waals surface area contributed by atoms with Crippen LogP contribution in [0.1, 0.15) is 26.2 Å². The summed E-state index contributed by atoms with van der Waals surface area (Å²) in [6, 6.07) is -0.322. The van der Waals surface area contributed by atoms with Gasteiger partial charge in [0.2, 0.25) is 5.91 Å². The molecule has 92 valence electrons. The van der Waals surface area contributed by atoms with E-state index in [0.29, 0.717) is 12.5 Å². The van der Waals surface area contributed by atoms with Gasteiger partial charge in [-0.1, -0.05) is 6.92 Å². The van der Waals surface area contributed by atoms with Gasteiger partial charge >= 0.3 is 5.97 Å². The maximum Gasteiger partial charge on any atom is 0.323 e. The van der Waals surface area contributed by atoms with Crippen LogP contribution < -0.4 is 10.6 Å². The molecule has 0 bridgehead atoms. The molecule has 0 aromatic rings. The van der Waals surface area contributed by atoms with E-state index < -0.39 is 0 Å². The third kappa shape index (κ3) is 4.18. The van der Waals surface area contributed by atoms with Crippen LogP contribution in [-0.2, 0) is 14.3 Å². The predicted molar refractivity (Wildman–Crippen MR) is 59.8 cm³/mol. The van der Waals surface area contributed by atoms with Crippen LogP contribution in [0.3, 0.4) is 0 Å². The van der Waals surface area contributed by atoms with Gasteiger partial charge in [-0.15, -0.1) is 0 Å². The summed E-state index contributed by atoms with van der Waals surface area (Å²) < 4.78 is 4.69. The lowest BCUT2D eigenvalue weighted by Crippen LogP contribution is -2.44. The molecule has 0 saturated heterocycles. The fraction of sp³-hybridized carbons (Fsp3) is 0.818. The van der Waals surface area contributed by atoms with Crippen LogP contribution in [0.15, 0.2) is 0 Å². The molecule has 5 heteroatoms. The highest BCUT2D eigenvalue weighted by molar-refractivity contribution is 5.80. The van der Waals surface area contributed by atoms with Crippen molar-refractivity contribution in [2.45, 2.75) is 32.2 Å². The molecule has 0 spiro atoms. The second-order valence-electron chi connectivity index (χ2n) is 4.07. The number of carbonyl (C=O) groups excluding carboxylic acids is 2. The van der Waals surface area contributed by atoms with Crippen LogP contribution >= 0.6 is 0 Å². The third-order valence-corrected chi connectivity index (χ3v) is 2.60. The molecule has 16 heavy (non-hydrogen) atoms. The Labute approximate surface area is 95.9 Å². The second kappa shape index (κ2) is 6.48. The summed E-state index contributed by atoms with van der Waals surface area (Å²) in [7, 11) is 1.37. The molecule has 0 aromatic carbocycles. The molecule has 1 aliphatic rings. The highest BCUT2D eigenvalue weighted by Gasteiger charge is 2.36. The zero-order valence-electron chi connectivity index (χ0n) is 9.91. The molecule has 1 amide bonds. The van der Waals surface area contributed by atoms with Gasteiger partial charge in [-0.25, -0.2) is 0 Å². The van der Waals surface area contributed by atoms with Crippen molar-refractivity contribution >= 4 is 11.9 Å². The Bertz CT molecular complexity index is 252. The van der Waals surface area contributed by atoms with Crippen molar-refractivity contribution in [3.8, 4) is 0 Å². The van der Waals surface area contributed by atoms with E-state index in [-0.39, 0.29) is 24.5 Å². The minimum Gasteiger partial charge on any atom is -0.468 e. The van der Waals surface area contributed by atoms with Crippen LogP contribution in [-0.4, -0.2) is 38.1 Å². The molecule has 0 radical (unpaired) electrons. The average Bonchev–Trinajstić information content (AvgIpc) is 3.10. The fourth-order valence-corrected chi connectivity index (χ4v) is 1.53. The van der Waals surface area contributed by atoms with Gasteiger partial charge in [-0.3, -0.25) is 14.9 Å². The molecule has 1 aliphatic carbocycles. The minimum atomic E-state index is -0.322. The summed E-state index contributed by atoms with van der Waals surface area (Å²) in [4.78, 5) is 22.7. The number of amides is 1. The Morgan fingerprint density at radius 3 is 2.62 bits per heavy atom. The van der Waals surface area contributed by atoms with Gasteiger partial charge < -0.3 is 10.1 Å². The van der Waals surface area contributed by atoms with Gasteiger partial charge in [-0.05, 0) is 25.2 Å². The van der Waals surface area contributed by atoms with Crippen molar-refractivity contribution in [3.63, 3.8) is 0 Å². The molecule has 0 aliphatic heterocycles. The van der Waals surface area contributed by atoms with Gasteiger partial charge in [0.15, 0.2) is 0 Å². The summed E-state index contributed by atoms with van der Waals surface area (Å²) >= 11 is 0. The van der Waals surface area contributed by atoms with E-state index in [2.05, 4.69) is 10.6 Å². The minimum absolute atomic E-state index is 0.0728. The number of esters is 1. The first-order valence-electron chi connectivity index (χ1n) is 5.77. The van der Waals surface area contributed by atoms with Crippen molar-refractivity contribution in [2.24, 2.45) is 5.92 Å². The van der Waals surface area contributed by atoms with Crippen molar-refractivity contribution in [1.82, 2.24) is 10.6 Å². The molecule has 1 unspecified atom stereocenters. The number of ether oxygens (including phenoxy) is 1. The molecule has 1 fully saturated rings. The van der Waals surface area contributed by atoms with Crippen molar-refractivity contribution < 1.29 is 14.3 Å². The van der Waals surface area contributed by atoms with Crippen molar-refractivity contribution in [3.05, 3.63) is 0 Å². The largest absolute Gasteiger partial charge is 0.468 e. The monoisotopic (exact) mass is 228 g/mol. The van der Waals surface area contributed by atoms with Gasteiger partial charge in [0.1, 0.15) is 6.04 Å². The number of carbonyl (C=O) groups is 2. The summed E-state index contributed by atoms with van der Waals surface area (Å²) in [6.07, 6.45) is 2.97. The van der Waals surface area contributed by atoms with Crippen LogP contribution in [0.2, 0.25) is 0 Å². The third-order valence-electron chi connectivity index (χ3n) is 2.60. The van der Waals surface area contributed by atoms with E-state index in [4.69, 9.17) is 4.74 Å². The average molecular weight is 228 g/mol. The Balaban J connectivity index is 2.27. The summed E-state index contributed by atoms with van der Waals surface area (Å²) in [5.41, 5.74) is 0. The zero-order chi connectivity index (χ0) is 12.0. The predicted octanol–water partition coefficient (Wildman–Crippen LogP) is 0.0538. The molecular weight excluding hydrogens is 208 g/mol. The molecule has 1 rings (SSSR count). The quantitative estimate of drug-likeness (QED) is 0.604. The Morgan fingerprint density at radius 1 is 1.44 bits per heavy atom. The summed E-state index contributed by atoms with van der Waals surface area (Å²) in [6.45, 7) is 2.85. The lowest BCUT2D eigenvalue weighted by atomic mass is 10.2. The Kier molecular flexibility index (Phi) is 5.25. The van der Waals surface area contributed by atoms with Gasteiger partial charge in [0, 0.05) is 6.54 Å². The summed E-state index contributed by atoms with van der Waals surface area (Å²) in [5.74, 6) is -0.00591. The highest BCUT2D eigenvalue weighted by Crippen LogP contribution is 2.32. The van der Waals surface area contributed by atoms with Crippen LogP contribution in [0, 0.1) is 5.92 Å². The first-order valence-corrected chi connectivity index (χ1v) is 5.77. The highest BCUT2D eigenvalue weighted by atomic mass is 16.5. The fourth-order valence-electron chi connectivity index (χ4n) is 1.53. The molecule has 5 nitrogen and oxygen atoms in total. The van der Waals surface area contributed by atoms with E-state index in [9.17, 15) is 9.59 Å². The van der Waals surface area contributed by atoms with Gasteiger partial charge in [0.25, 0.3) is 0 Å². The van der Waals surface area contributed by atoms with E-state index >= 15 is 0 Å². The lowest BCUT2D eigenvalue weighted by Gasteiger charge is -2.15. The topological polar surface area (TPSA) is 67.4 Å². The van der Waals surface area contributed by atoms with Crippen molar-refractivity contribution in [1.29, 1.82) is 0 Å². The Morgan fingerprint density at radius 2 is 2.12 bits per heavy atom. The molecule has 0 aromatic heterocycles. The summed E-state index contributed by atoms with van der Waals surface area (Å²) in [5, 5.41) is 5.70. The van der Waals surface area contributed by atoms with Crippen LogP contribution in [0.25, 0.3) is 0 Å². The van der Waals surface area contributed by atoms with Crippen LogP contribution in [0.5, 0.6) is 0 Å². The molecule has 2 N–H and O–H groups in total. The van der Waals surface area contributed by atoms with Crippen molar-refractivity contribution in [2.75, 3.05) is 20.2 Å². The lowest BCUT2D eigenvalue weighted by molar-refractivity contribution is -0.143. The number of hydrogen-bond donors (Lipinski definition) is 2. The molecular formula is C11H20N2O3. The first kappa shape index (κ1) is 13.0. The van der Waals surface area contributed by atoms with Crippen LogP contribution in [0.4, 0.5) is 0 Å². The SMILES string of the molecule is CCCNC(=O)CNC(C(=O)OC)C1CC1. The maximum absolute atomic E-state index is 11.4. The number of hydrogen-bond acceptors (Lipinski definition) is 4. The zero-order valence-corrected chi connectivity index (χ0v) is 9.91. The normalized spacial score (nSPS) is 16.6. The molecule has 1 atom stereocenters.